The number of hydrogen-bond donors (Lipinski definition) is 2. The first-order valence-corrected chi connectivity index (χ1v) is 6.63. The number of rotatable bonds is 5. The van der Waals surface area contributed by atoms with Crippen molar-refractivity contribution in [1.82, 2.24) is 5.32 Å². The van der Waals surface area contributed by atoms with Crippen LogP contribution in [-0.4, -0.2) is 24.4 Å². The predicted octanol–water partition coefficient (Wildman–Crippen LogP) is 2.71. The maximum absolute atomic E-state index is 9.58. The number of fused-ring (bicyclic) bond motifs is 1. The predicted molar refractivity (Wildman–Crippen MR) is 78.5 cm³/mol. The molecule has 0 heterocycles. The number of benzene rings is 2. The second kappa shape index (κ2) is 6.04. The summed E-state index contributed by atoms with van der Waals surface area (Å²) in [6.07, 6.45) is -0.717. The lowest BCUT2D eigenvalue weighted by Gasteiger charge is -2.20. The minimum atomic E-state index is -0.492. The molecule has 2 rings (SSSR count). The van der Waals surface area contributed by atoms with E-state index in [0.29, 0.717) is 0 Å². The number of hydrogen-bond acceptors (Lipinski definition) is 3. The third-order valence-electron chi connectivity index (χ3n) is 3.34. The highest BCUT2D eigenvalue weighted by atomic mass is 16.5. The molecule has 0 aliphatic rings. The van der Waals surface area contributed by atoms with E-state index in [-0.39, 0.29) is 6.10 Å². The normalized spacial score (nSPS) is 14.3. The van der Waals surface area contributed by atoms with Crippen LogP contribution in [0.1, 0.15) is 19.4 Å². The molecule has 2 aromatic carbocycles. The molecule has 0 aliphatic heterocycles. The molecule has 2 N–H and O–H groups in total. The van der Waals surface area contributed by atoms with Crippen molar-refractivity contribution >= 4 is 10.8 Å². The molecular weight excluding hydrogens is 238 g/mol. The maximum atomic E-state index is 9.58. The molecule has 0 fully saturated rings. The molecule has 2 atom stereocenters. The van der Waals surface area contributed by atoms with Gasteiger partial charge in [-0.15, -0.1) is 0 Å². The van der Waals surface area contributed by atoms with Gasteiger partial charge in [-0.25, -0.2) is 0 Å². The summed E-state index contributed by atoms with van der Waals surface area (Å²) in [6, 6.07) is 12.3. The van der Waals surface area contributed by atoms with Crippen LogP contribution in [0.15, 0.2) is 36.4 Å². The Morgan fingerprint density at radius 2 is 1.89 bits per heavy atom. The van der Waals surface area contributed by atoms with Gasteiger partial charge in [-0.3, -0.25) is 0 Å². The van der Waals surface area contributed by atoms with Crippen LogP contribution in [0.25, 0.3) is 10.8 Å². The van der Waals surface area contributed by atoms with Crippen molar-refractivity contribution in [2.75, 3.05) is 7.05 Å². The fourth-order valence-electron chi connectivity index (χ4n) is 2.08. The van der Waals surface area contributed by atoms with Crippen LogP contribution in [0.5, 0.6) is 5.75 Å². The Morgan fingerprint density at radius 1 is 1.16 bits per heavy atom. The molecule has 19 heavy (non-hydrogen) atoms. The molecule has 0 radical (unpaired) electrons. The van der Waals surface area contributed by atoms with Crippen molar-refractivity contribution in [3.63, 3.8) is 0 Å². The van der Waals surface area contributed by atoms with Crippen LogP contribution in [0, 0.1) is 0 Å². The van der Waals surface area contributed by atoms with Crippen molar-refractivity contribution < 1.29 is 9.84 Å². The summed E-state index contributed by atoms with van der Waals surface area (Å²) >= 11 is 0. The fourth-order valence-corrected chi connectivity index (χ4v) is 2.08. The Balaban J connectivity index is 2.45. The summed E-state index contributed by atoms with van der Waals surface area (Å²) in [6.45, 7) is 4.36. The van der Waals surface area contributed by atoms with E-state index < -0.39 is 6.10 Å². The highest BCUT2D eigenvalue weighted by molar-refractivity contribution is 5.87. The molecule has 2 aromatic rings. The minimum absolute atomic E-state index is 0.225. The number of nitrogens with one attached hydrogen (secondary N) is 1. The van der Waals surface area contributed by atoms with Gasteiger partial charge in [0.05, 0.1) is 6.10 Å². The van der Waals surface area contributed by atoms with Crippen LogP contribution in [0.3, 0.4) is 0 Å². The fraction of sp³-hybridized carbons (Fsp3) is 0.375. The Bertz CT molecular complexity index is 551. The van der Waals surface area contributed by atoms with E-state index in [1.807, 2.05) is 32.2 Å². The SMILES string of the molecule is CNCc1c(OC(C)C(C)O)ccc2ccccc12. The zero-order valence-corrected chi connectivity index (χ0v) is 11.7. The topological polar surface area (TPSA) is 41.5 Å². The van der Waals surface area contributed by atoms with Crippen LogP contribution in [-0.2, 0) is 6.54 Å². The van der Waals surface area contributed by atoms with Crippen LogP contribution < -0.4 is 10.1 Å². The van der Waals surface area contributed by atoms with Gasteiger partial charge in [-0.2, -0.15) is 0 Å². The van der Waals surface area contributed by atoms with Crippen molar-refractivity contribution in [3.8, 4) is 5.75 Å². The molecule has 102 valence electrons. The zero-order chi connectivity index (χ0) is 13.8. The van der Waals surface area contributed by atoms with Crippen LogP contribution in [0.4, 0.5) is 0 Å². The average molecular weight is 259 g/mol. The molecule has 0 saturated heterocycles. The largest absolute Gasteiger partial charge is 0.488 e. The monoisotopic (exact) mass is 259 g/mol. The summed E-state index contributed by atoms with van der Waals surface area (Å²) in [5, 5.41) is 15.1. The summed E-state index contributed by atoms with van der Waals surface area (Å²) < 4.78 is 5.88. The summed E-state index contributed by atoms with van der Waals surface area (Å²) in [5.41, 5.74) is 1.13. The van der Waals surface area contributed by atoms with Gasteiger partial charge in [0, 0.05) is 12.1 Å². The Morgan fingerprint density at radius 3 is 2.58 bits per heavy atom. The van der Waals surface area contributed by atoms with E-state index in [0.717, 1.165) is 17.9 Å². The first-order valence-electron chi connectivity index (χ1n) is 6.63. The summed E-state index contributed by atoms with van der Waals surface area (Å²) in [4.78, 5) is 0. The Hall–Kier alpha value is -1.58. The zero-order valence-electron chi connectivity index (χ0n) is 11.7. The van der Waals surface area contributed by atoms with E-state index in [1.165, 1.54) is 10.8 Å². The van der Waals surface area contributed by atoms with E-state index in [4.69, 9.17) is 4.74 Å². The molecule has 3 nitrogen and oxygen atoms in total. The van der Waals surface area contributed by atoms with Gasteiger partial charge in [0.2, 0.25) is 0 Å². The van der Waals surface area contributed by atoms with Crippen molar-refractivity contribution in [3.05, 3.63) is 42.0 Å². The van der Waals surface area contributed by atoms with Gasteiger partial charge in [0.25, 0.3) is 0 Å². The van der Waals surface area contributed by atoms with Crippen LogP contribution in [0.2, 0.25) is 0 Å². The Labute approximate surface area is 114 Å². The van der Waals surface area contributed by atoms with Gasteiger partial charge in [-0.1, -0.05) is 30.3 Å². The minimum Gasteiger partial charge on any atom is -0.488 e. The van der Waals surface area contributed by atoms with E-state index in [2.05, 4.69) is 23.5 Å². The highest BCUT2D eigenvalue weighted by Crippen LogP contribution is 2.29. The van der Waals surface area contributed by atoms with Gasteiger partial charge in [0.1, 0.15) is 11.9 Å². The van der Waals surface area contributed by atoms with Gasteiger partial charge >= 0.3 is 0 Å². The van der Waals surface area contributed by atoms with E-state index >= 15 is 0 Å². The molecule has 0 bridgehead atoms. The quantitative estimate of drug-likeness (QED) is 0.867. The summed E-state index contributed by atoms with van der Waals surface area (Å²) in [7, 11) is 1.92. The average Bonchev–Trinajstić information content (AvgIpc) is 2.41. The molecule has 0 aliphatic carbocycles. The van der Waals surface area contributed by atoms with Gasteiger partial charge in [0.15, 0.2) is 0 Å². The Kier molecular flexibility index (Phi) is 4.40. The third-order valence-corrected chi connectivity index (χ3v) is 3.34. The number of ether oxygens (including phenoxy) is 1. The lowest BCUT2D eigenvalue weighted by atomic mass is 10.0. The first-order chi connectivity index (χ1) is 9.13. The maximum Gasteiger partial charge on any atom is 0.124 e. The lowest BCUT2D eigenvalue weighted by Crippen LogP contribution is -2.26. The molecular formula is C16H21NO2. The summed E-state index contributed by atoms with van der Waals surface area (Å²) in [5.74, 6) is 0.835. The first kappa shape index (κ1) is 13.8. The van der Waals surface area contributed by atoms with Gasteiger partial charge < -0.3 is 15.2 Å². The van der Waals surface area contributed by atoms with E-state index in [1.54, 1.807) is 6.92 Å². The molecule has 2 unspecified atom stereocenters. The third kappa shape index (κ3) is 3.06. The molecule has 0 amide bonds. The second-order valence-electron chi connectivity index (χ2n) is 4.86. The number of aliphatic hydroxyl groups is 1. The standard InChI is InChI=1S/C16H21NO2/c1-11(18)12(2)19-16-9-8-13-6-4-5-7-14(13)15(16)10-17-3/h4-9,11-12,17-18H,10H2,1-3H3. The second-order valence-corrected chi connectivity index (χ2v) is 4.86. The molecule has 0 saturated carbocycles. The highest BCUT2D eigenvalue weighted by Gasteiger charge is 2.14. The lowest BCUT2D eigenvalue weighted by molar-refractivity contribution is 0.0599. The van der Waals surface area contributed by atoms with Crippen LogP contribution >= 0.6 is 0 Å². The molecule has 3 heteroatoms. The van der Waals surface area contributed by atoms with Crippen molar-refractivity contribution in [2.45, 2.75) is 32.6 Å². The molecule has 0 aromatic heterocycles. The molecule has 0 spiro atoms. The smallest absolute Gasteiger partial charge is 0.124 e. The van der Waals surface area contributed by atoms with Crippen molar-refractivity contribution in [2.24, 2.45) is 0 Å². The van der Waals surface area contributed by atoms with Crippen molar-refractivity contribution in [1.29, 1.82) is 0 Å². The van der Waals surface area contributed by atoms with Gasteiger partial charge in [-0.05, 0) is 37.7 Å². The van der Waals surface area contributed by atoms with E-state index in [9.17, 15) is 5.11 Å². The number of aliphatic hydroxyl groups excluding tert-OH is 1.